The average Bonchev–Trinajstić information content (AvgIpc) is 3.21. The van der Waals surface area contributed by atoms with Gasteiger partial charge in [0.2, 0.25) is 0 Å². The second-order valence-electron chi connectivity index (χ2n) is 7.98. The number of ether oxygens (including phenoxy) is 1. The normalized spacial score (nSPS) is 16.9. The number of piperidine rings is 1. The molecule has 0 bridgehead atoms. The van der Waals surface area contributed by atoms with E-state index in [1.54, 1.807) is 0 Å². The van der Waals surface area contributed by atoms with Crippen LogP contribution in [0.1, 0.15) is 40.3 Å². The van der Waals surface area contributed by atoms with E-state index in [1.807, 2.05) is 39.1 Å². The van der Waals surface area contributed by atoms with Gasteiger partial charge in [-0.05, 0) is 37.6 Å². The van der Waals surface area contributed by atoms with Gasteiger partial charge >= 0.3 is 0 Å². The Morgan fingerprint density at radius 3 is 2.72 bits per heavy atom. The van der Waals surface area contributed by atoms with Crippen LogP contribution in [0.4, 0.5) is 5.82 Å². The van der Waals surface area contributed by atoms with Crippen LogP contribution in [0.25, 0.3) is 11.0 Å². The smallest absolute Gasteiger partial charge is 0.253 e. The summed E-state index contributed by atoms with van der Waals surface area (Å²) in [6.45, 7) is 6.35. The summed E-state index contributed by atoms with van der Waals surface area (Å²) in [7, 11) is 2.03. The number of fused-ring (bicyclic) bond motifs is 2. The summed E-state index contributed by atoms with van der Waals surface area (Å²) in [5.41, 5.74) is 4.72. The molecule has 0 saturated carbocycles. The largest absolute Gasteiger partial charge is 0.490 e. The van der Waals surface area contributed by atoms with E-state index in [0.29, 0.717) is 12.1 Å². The van der Waals surface area contributed by atoms with Crippen molar-refractivity contribution < 1.29 is 9.53 Å². The Kier molecular flexibility index (Phi) is 4.19. The monoisotopic (exact) mass is 391 g/mol. The highest BCUT2D eigenvalue weighted by atomic mass is 16.5. The number of aromatic nitrogens is 3. The molecule has 5 rings (SSSR count). The highest BCUT2D eigenvalue weighted by Crippen LogP contribution is 2.28. The molecule has 0 unspecified atom stereocenters. The zero-order valence-corrected chi connectivity index (χ0v) is 17.0. The summed E-state index contributed by atoms with van der Waals surface area (Å²) in [6, 6.07) is 8.09. The number of hydrogen-bond donors (Lipinski definition) is 1. The number of pyridine rings is 1. The van der Waals surface area contributed by atoms with Gasteiger partial charge < -0.3 is 19.5 Å². The third-order valence-electron chi connectivity index (χ3n) is 6.05. The molecule has 2 aliphatic rings. The van der Waals surface area contributed by atoms with Gasteiger partial charge in [0.1, 0.15) is 23.5 Å². The molecule has 0 radical (unpaired) electrons. The Hall–Kier alpha value is -3.09. The molecule has 0 atom stereocenters. The van der Waals surface area contributed by atoms with Crippen LogP contribution in [0.3, 0.4) is 0 Å². The van der Waals surface area contributed by atoms with E-state index in [2.05, 4.69) is 25.8 Å². The van der Waals surface area contributed by atoms with Crippen molar-refractivity contribution in [3.8, 4) is 5.75 Å². The summed E-state index contributed by atoms with van der Waals surface area (Å²) in [5.74, 6) is 2.87. The van der Waals surface area contributed by atoms with Crippen LogP contribution in [-0.2, 0) is 13.6 Å². The van der Waals surface area contributed by atoms with Crippen molar-refractivity contribution in [2.45, 2.75) is 39.3 Å². The number of rotatable bonds is 3. The van der Waals surface area contributed by atoms with Gasteiger partial charge in [-0.15, -0.1) is 0 Å². The van der Waals surface area contributed by atoms with Crippen LogP contribution >= 0.6 is 0 Å². The molecule has 0 aliphatic carbocycles. The molecule has 1 N–H and O–H groups in total. The van der Waals surface area contributed by atoms with E-state index >= 15 is 0 Å². The number of nitrogens with zero attached hydrogens (tertiary/aromatic N) is 4. The van der Waals surface area contributed by atoms with Crippen LogP contribution in [-0.4, -0.2) is 39.6 Å². The second kappa shape index (κ2) is 6.76. The SMILES string of the molecule is Cc1cc2c(nc1N1CCC(Oc3ccc4nc(C)n(C)c4c3)CC1)CNC2=O. The van der Waals surface area contributed by atoms with Gasteiger partial charge in [-0.2, -0.15) is 0 Å². The van der Waals surface area contributed by atoms with Gasteiger partial charge in [0, 0.05) is 39.0 Å². The zero-order valence-electron chi connectivity index (χ0n) is 17.0. The van der Waals surface area contributed by atoms with E-state index in [4.69, 9.17) is 9.72 Å². The quantitative estimate of drug-likeness (QED) is 0.743. The molecule has 1 fully saturated rings. The van der Waals surface area contributed by atoms with Gasteiger partial charge in [0.05, 0.1) is 28.8 Å². The summed E-state index contributed by atoms with van der Waals surface area (Å²) >= 11 is 0. The van der Waals surface area contributed by atoms with Crippen molar-refractivity contribution in [3.63, 3.8) is 0 Å². The Labute approximate surface area is 169 Å². The highest BCUT2D eigenvalue weighted by Gasteiger charge is 2.26. The van der Waals surface area contributed by atoms with Crippen molar-refractivity contribution in [3.05, 3.63) is 46.9 Å². The number of hydrogen-bond acceptors (Lipinski definition) is 5. The fourth-order valence-electron chi connectivity index (χ4n) is 4.29. The van der Waals surface area contributed by atoms with E-state index in [-0.39, 0.29) is 12.0 Å². The number of benzene rings is 1. The molecule has 1 aromatic carbocycles. The maximum Gasteiger partial charge on any atom is 0.253 e. The number of carbonyl (C=O) groups is 1. The van der Waals surface area contributed by atoms with E-state index in [9.17, 15) is 4.79 Å². The van der Waals surface area contributed by atoms with E-state index < -0.39 is 0 Å². The molecular formula is C22H25N5O2. The molecule has 29 heavy (non-hydrogen) atoms. The minimum absolute atomic E-state index is 0.0187. The zero-order chi connectivity index (χ0) is 20.1. The highest BCUT2D eigenvalue weighted by molar-refractivity contribution is 5.98. The second-order valence-corrected chi connectivity index (χ2v) is 7.98. The maximum atomic E-state index is 11.8. The van der Waals surface area contributed by atoms with Crippen LogP contribution in [0.15, 0.2) is 24.3 Å². The first-order valence-electron chi connectivity index (χ1n) is 10.1. The molecular weight excluding hydrogens is 366 g/mol. The van der Waals surface area contributed by atoms with Crippen molar-refractivity contribution in [1.82, 2.24) is 19.9 Å². The van der Waals surface area contributed by atoms with Crippen LogP contribution in [0, 0.1) is 13.8 Å². The lowest BCUT2D eigenvalue weighted by molar-refractivity contribution is 0.0965. The molecule has 2 aliphatic heterocycles. The summed E-state index contributed by atoms with van der Waals surface area (Å²) < 4.78 is 8.38. The topological polar surface area (TPSA) is 72.3 Å². The van der Waals surface area contributed by atoms with E-state index in [1.165, 1.54) is 0 Å². The average molecular weight is 391 g/mol. The number of anilines is 1. The molecule has 0 spiro atoms. The van der Waals surface area contributed by atoms with Gasteiger partial charge in [0.25, 0.3) is 5.91 Å². The van der Waals surface area contributed by atoms with Crippen LogP contribution in [0.5, 0.6) is 5.75 Å². The third kappa shape index (κ3) is 3.10. The number of amides is 1. The number of carbonyl (C=O) groups excluding carboxylic acids is 1. The fraction of sp³-hybridized carbons (Fsp3) is 0.409. The van der Waals surface area contributed by atoms with Crippen molar-refractivity contribution in [1.29, 1.82) is 0 Å². The number of aryl methyl sites for hydroxylation is 3. The Bertz CT molecular complexity index is 1110. The summed E-state index contributed by atoms with van der Waals surface area (Å²) in [6.07, 6.45) is 2.08. The first kappa shape index (κ1) is 18.0. The Morgan fingerprint density at radius 2 is 1.93 bits per heavy atom. The lowest BCUT2D eigenvalue weighted by atomic mass is 10.1. The molecule has 7 heteroatoms. The standard InChI is InChI=1S/C22H25N5O2/c1-13-10-17-19(12-23-22(17)28)25-21(13)27-8-6-15(7-9-27)29-16-4-5-18-20(11-16)26(3)14(2)24-18/h4-5,10-11,15H,6-9,12H2,1-3H3,(H,23,28). The Balaban J connectivity index is 1.28. The predicted molar refractivity (Wildman–Crippen MR) is 111 cm³/mol. The van der Waals surface area contributed by atoms with Gasteiger partial charge in [-0.1, -0.05) is 0 Å². The molecule has 3 aromatic rings. The van der Waals surface area contributed by atoms with E-state index in [0.717, 1.165) is 65.6 Å². The predicted octanol–water partition coefficient (Wildman–Crippen LogP) is 2.88. The fourth-order valence-corrected chi connectivity index (χ4v) is 4.29. The first-order chi connectivity index (χ1) is 14.0. The molecule has 7 nitrogen and oxygen atoms in total. The van der Waals surface area contributed by atoms with Gasteiger partial charge in [-0.3, -0.25) is 4.79 Å². The molecule has 1 amide bonds. The van der Waals surface area contributed by atoms with Crippen LogP contribution < -0.4 is 15.0 Å². The van der Waals surface area contributed by atoms with Crippen LogP contribution in [0.2, 0.25) is 0 Å². The Morgan fingerprint density at radius 1 is 1.14 bits per heavy atom. The molecule has 150 valence electrons. The minimum Gasteiger partial charge on any atom is -0.490 e. The number of imidazole rings is 1. The molecule has 2 aromatic heterocycles. The first-order valence-corrected chi connectivity index (χ1v) is 10.1. The summed E-state index contributed by atoms with van der Waals surface area (Å²) in [4.78, 5) is 23.5. The minimum atomic E-state index is -0.0187. The molecule has 4 heterocycles. The van der Waals surface area contributed by atoms with Gasteiger partial charge in [0.15, 0.2) is 0 Å². The van der Waals surface area contributed by atoms with Gasteiger partial charge in [-0.25, -0.2) is 9.97 Å². The third-order valence-corrected chi connectivity index (χ3v) is 6.05. The van der Waals surface area contributed by atoms with Crippen molar-refractivity contribution >= 4 is 22.8 Å². The molecule has 1 saturated heterocycles. The summed E-state index contributed by atoms with van der Waals surface area (Å²) in [5, 5.41) is 2.85. The lowest BCUT2D eigenvalue weighted by Gasteiger charge is -2.34. The number of nitrogens with one attached hydrogen (secondary N) is 1. The van der Waals surface area contributed by atoms with Crippen molar-refractivity contribution in [2.24, 2.45) is 7.05 Å². The van der Waals surface area contributed by atoms with Crippen molar-refractivity contribution in [2.75, 3.05) is 18.0 Å². The maximum absolute atomic E-state index is 11.8. The lowest BCUT2D eigenvalue weighted by Crippen LogP contribution is -2.39.